The van der Waals surface area contributed by atoms with Gasteiger partial charge < -0.3 is 18.9 Å². The molecule has 0 aromatic heterocycles. The number of benzene rings is 3. The number of carbonyl (C=O) groups excluding carboxylic acids is 2. The van der Waals surface area contributed by atoms with Crippen molar-refractivity contribution in [3.63, 3.8) is 0 Å². The van der Waals surface area contributed by atoms with Crippen molar-refractivity contribution in [3.05, 3.63) is 102 Å². The largest absolute Gasteiger partial charge is 0.459 e. The Morgan fingerprint density at radius 1 is 0.660 bits per heavy atom. The Labute approximate surface area is 298 Å². The van der Waals surface area contributed by atoms with Gasteiger partial charge in [-0.15, -0.1) is 0 Å². The molecule has 2 fully saturated rings. The number of hydrogen-bond acceptors (Lipinski definition) is 6. The van der Waals surface area contributed by atoms with Crippen molar-refractivity contribution < 1.29 is 28.5 Å². The molecule has 5 rings (SSSR count). The maximum atomic E-state index is 12.7. The predicted molar refractivity (Wildman–Crippen MR) is 200 cm³/mol. The van der Waals surface area contributed by atoms with Crippen LogP contribution in [-0.2, 0) is 23.8 Å². The van der Waals surface area contributed by atoms with E-state index in [1.165, 1.54) is 63.2 Å². The number of ether oxygens (including phenoxy) is 4. The van der Waals surface area contributed by atoms with E-state index in [-0.39, 0.29) is 30.9 Å². The maximum Gasteiger partial charge on any atom is 0.341 e. The molecule has 2 aliphatic carbocycles. The summed E-state index contributed by atoms with van der Waals surface area (Å²) in [7, 11) is 3.07. The third-order valence-corrected chi connectivity index (χ3v) is 10.6. The third kappa shape index (κ3) is 9.82. The zero-order valence-electron chi connectivity index (χ0n) is 30.2. The van der Waals surface area contributed by atoms with Gasteiger partial charge in [0, 0.05) is 14.2 Å². The second-order valence-electron chi connectivity index (χ2n) is 14.2. The van der Waals surface area contributed by atoms with Crippen LogP contribution in [-0.4, -0.2) is 45.5 Å². The fraction of sp³-hybridized carbons (Fsp3) is 0.455. The molecule has 3 aromatic carbocycles. The highest BCUT2D eigenvalue weighted by atomic mass is 16.5. The molecular formula is C44H54O6. The van der Waals surface area contributed by atoms with E-state index in [2.05, 4.69) is 68.6 Å². The molecule has 3 aromatic rings. The molecule has 2 aliphatic rings. The summed E-state index contributed by atoms with van der Waals surface area (Å²) in [6, 6.07) is 23.7. The third-order valence-electron chi connectivity index (χ3n) is 10.6. The number of methoxy groups -OCH3 is 2. The Bertz CT molecular complexity index is 1590. The van der Waals surface area contributed by atoms with Gasteiger partial charge in [-0.3, -0.25) is 0 Å². The molecule has 0 atom stereocenters. The van der Waals surface area contributed by atoms with Crippen LogP contribution in [0.2, 0.25) is 0 Å². The minimum atomic E-state index is -0.496. The highest BCUT2D eigenvalue weighted by Crippen LogP contribution is 2.41. The molecule has 266 valence electrons. The van der Waals surface area contributed by atoms with Gasteiger partial charge in [-0.25, -0.2) is 9.59 Å². The van der Waals surface area contributed by atoms with Crippen LogP contribution in [0.4, 0.5) is 0 Å². The first kappa shape index (κ1) is 37.3. The standard InChI is InChI=1S/C44H54O6/c1-6-7-8-32-9-11-33(12-10-32)34-15-19-38(20-16-34)42-27-40(50-44(46)31(3)29-48-5)25-26-41(42)37-17-13-35(14-18-37)36-21-23-39(24-22-36)49-43(45)30(2)28-47-4/h13-20,25-27,32-33,36,39H,2-3,6-12,21-24,28-29H2,1,4-5H3. The van der Waals surface area contributed by atoms with E-state index < -0.39 is 5.97 Å². The molecule has 0 bridgehead atoms. The minimum Gasteiger partial charge on any atom is -0.459 e. The van der Waals surface area contributed by atoms with Crippen LogP contribution in [0.15, 0.2) is 91.0 Å². The summed E-state index contributed by atoms with van der Waals surface area (Å²) in [4.78, 5) is 25.0. The monoisotopic (exact) mass is 678 g/mol. The molecule has 0 N–H and O–H groups in total. The van der Waals surface area contributed by atoms with Gasteiger partial charge in [-0.05, 0) is 115 Å². The SMILES string of the molecule is C=C(COC)C(=O)Oc1ccc(-c2ccc(C3CCC(OC(=O)C(=C)COC)CC3)cc2)c(-c2ccc(C3CCC(CCCC)CC3)cc2)c1. The number of esters is 2. The fourth-order valence-electron chi connectivity index (χ4n) is 7.62. The Kier molecular flexibility index (Phi) is 13.6. The smallest absolute Gasteiger partial charge is 0.341 e. The van der Waals surface area contributed by atoms with Crippen LogP contribution in [0.25, 0.3) is 22.3 Å². The summed E-state index contributed by atoms with van der Waals surface area (Å²) in [5.41, 5.74) is 7.58. The highest BCUT2D eigenvalue weighted by molar-refractivity contribution is 5.91. The lowest BCUT2D eigenvalue weighted by Gasteiger charge is -2.29. The molecule has 0 unspecified atom stereocenters. The molecule has 0 saturated heterocycles. The molecule has 2 saturated carbocycles. The molecule has 6 heteroatoms. The molecule has 0 amide bonds. The Morgan fingerprint density at radius 3 is 1.72 bits per heavy atom. The van der Waals surface area contributed by atoms with Crippen molar-refractivity contribution in [1.29, 1.82) is 0 Å². The lowest BCUT2D eigenvalue weighted by molar-refractivity contribution is -0.146. The van der Waals surface area contributed by atoms with Crippen molar-refractivity contribution in [2.75, 3.05) is 27.4 Å². The molecule has 0 spiro atoms. The average Bonchev–Trinajstić information content (AvgIpc) is 3.15. The molecule has 0 heterocycles. The highest BCUT2D eigenvalue weighted by Gasteiger charge is 2.26. The Hall–Kier alpha value is -4.00. The fourth-order valence-corrected chi connectivity index (χ4v) is 7.62. The van der Waals surface area contributed by atoms with E-state index in [0.717, 1.165) is 53.9 Å². The van der Waals surface area contributed by atoms with E-state index in [0.29, 0.717) is 23.2 Å². The quantitative estimate of drug-likeness (QED) is 0.0905. The summed E-state index contributed by atoms with van der Waals surface area (Å²) in [5.74, 6) is 1.53. The lowest BCUT2D eigenvalue weighted by Crippen LogP contribution is -2.25. The Balaban J connectivity index is 1.32. The molecule has 50 heavy (non-hydrogen) atoms. The van der Waals surface area contributed by atoms with Gasteiger partial charge in [0.05, 0.1) is 24.4 Å². The van der Waals surface area contributed by atoms with Crippen molar-refractivity contribution >= 4 is 11.9 Å². The predicted octanol–water partition coefficient (Wildman–Crippen LogP) is 10.4. The molecular weight excluding hydrogens is 624 g/mol. The number of unbranched alkanes of at least 4 members (excludes halogenated alkanes) is 1. The van der Waals surface area contributed by atoms with Crippen LogP contribution >= 0.6 is 0 Å². The van der Waals surface area contributed by atoms with Crippen molar-refractivity contribution in [1.82, 2.24) is 0 Å². The van der Waals surface area contributed by atoms with Gasteiger partial charge in [0.2, 0.25) is 0 Å². The van der Waals surface area contributed by atoms with Gasteiger partial charge >= 0.3 is 11.9 Å². The number of hydrogen-bond donors (Lipinski definition) is 0. The van der Waals surface area contributed by atoms with Gasteiger partial charge in [-0.1, -0.05) is 93.9 Å². The molecule has 0 radical (unpaired) electrons. The van der Waals surface area contributed by atoms with Crippen LogP contribution in [0, 0.1) is 5.92 Å². The first-order valence-electron chi connectivity index (χ1n) is 18.4. The first-order valence-corrected chi connectivity index (χ1v) is 18.4. The zero-order chi connectivity index (χ0) is 35.5. The lowest BCUT2D eigenvalue weighted by atomic mass is 9.77. The van der Waals surface area contributed by atoms with Crippen LogP contribution < -0.4 is 4.74 Å². The second kappa shape index (κ2) is 18.3. The second-order valence-corrected chi connectivity index (χ2v) is 14.2. The number of rotatable bonds is 15. The van der Waals surface area contributed by atoms with Crippen molar-refractivity contribution in [2.24, 2.45) is 5.92 Å². The maximum absolute atomic E-state index is 12.7. The summed E-state index contributed by atoms with van der Waals surface area (Å²) < 4.78 is 21.5. The van der Waals surface area contributed by atoms with Crippen LogP contribution in [0.1, 0.15) is 101 Å². The molecule has 6 nitrogen and oxygen atoms in total. The van der Waals surface area contributed by atoms with E-state index in [1.807, 2.05) is 18.2 Å². The summed E-state index contributed by atoms with van der Waals surface area (Å²) in [5, 5.41) is 0. The zero-order valence-corrected chi connectivity index (χ0v) is 30.2. The molecule has 0 aliphatic heterocycles. The van der Waals surface area contributed by atoms with Gasteiger partial charge in [0.1, 0.15) is 11.9 Å². The summed E-state index contributed by atoms with van der Waals surface area (Å²) in [6.45, 7) is 10.2. The minimum absolute atomic E-state index is 0.0827. The van der Waals surface area contributed by atoms with Gasteiger partial charge in [0.15, 0.2) is 0 Å². The van der Waals surface area contributed by atoms with E-state index in [4.69, 9.17) is 18.9 Å². The van der Waals surface area contributed by atoms with Crippen LogP contribution in [0.5, 0.6) is 5.75 Å². The van der Waals surface area contributed by atoms with Gasteiger partial charge in [-0.2, -0.15) is 0 Å². The Morgan fingerprint density at radius 2 is 1.18 bits per heavy atom. The van der Waals surface area contributed by atoms with E-state index >= 15 is 0 Å². The summed E-state index contributed by atoms with van der Waals surface area (Å²) in [6.07, 6.45) is 12.7. The normalized spacial score (nSPS) is 20.5. The average molecular weight is 679 g/mol. The van der Waals surface area contributed by atoms with Crippen molar-refractivity contribution in [2.45, 2.75) is 95.5 Å². The van der Waals surface area contributed by atoms with E-state index in [1.54, 1.807) is 7.11 Å². The number of carbonyl (C=O) groups is 2. The first-order chi connectivity index (χ1) is 24.3. The van der Waals surface area contributed by atoms with Gasteiger partial charge in [0.25, 0.3) is 0 Å². The topological polar surface area (TPSA) is 71.1 Å². The van der Waals surface area contributed by atoms with Crippen LogP contribution in [0.3, 0.4) is 0 Å². The summed E-state index contributed by atoms with van der Waals surface area (Å²) >= 11 is 0. The van der Waals surface area contributed by atoms with Crippen molar-refractivity contribution in [3.8, 4) is 28.0 Å². The van der Waals surface area contributed by atoms with E-state index in [9.17, 15) is 9.59 Å².